The lowest BCUT2D eigenvalue weighted by molar-refractivity contribution is 0.0996. The summed E-state index contributed by atoms with van der Waals surface area (Å²) in [5, 5.41) is 3.04. The lowest BCUT2D eigenvalue weighted by atomic mass is 10.2. The van der Waals surface area contributed by atoms with Crippen molar-refractivity contribution in [1.29, 1.82) is 0 Å². The molecule has 2 N–H and O–H groups in total. The van der Waals surface area contributed by atoms with Gasteiger partial charge < -0.3 is 9.40 Å². The summed E-state index contributed by atoms with van der Waals surface area (Å²) in [5.74, 6) is -0.298. The number of aromatic nitrogens is 2. The molecule has 0 unspecified atom stereocenters. The van der Waals surface area contributed by atoms with Crippen molar-refractivity contribution in [2.75, 3.05) is 5.32 Å². The van der Waals surface area contributed by atoms with Gasteiger partial charge in [-0.1, -0.05) is 24.3 Å². The predicted molar refractivity (Wildman–Crippen MR) is 86.5 cm³/mol. The number of nitrogens with one attached hydrogen (secondary N) is 2. The first-order chi connectivity index (χ1) is 11.2. The maximum atomic E-state index is 12.3. The van der Waals surface area contributed by atoms with Crippen LogP contribution in [0.4, 0.5) is 5.95 Å². The quantitative estimate of drug-likeness (QED) is 0.596. The van der Waals surface area contributed by atoms with E-state index in [1.165, 1.54) is 6.07 Å². The third-order valence-electron chi connectivity index (χ3n) is 3.48. The van der Waals surface area contributed by atoms with Crippen LogP contribution < -0.4 is 10.7 Å². The van der Waals surface area contributed by atoms with Crippen LogP contribution in [0.5, 0.6) is 0 Å². The molecule has 0 saturated carbocycles. The molecule has 0 bridgehead atoms. The number of amides is 1. The van der Waals surface area contributed by atoms with Crippen molar-refractivity contribution in [1.82, 2.24) is 9.97 Å². The van der Waals surface area contributed by atoms with Crippen molar-refractivity contribution in [2.45, 2.75) is 0 Å². The Morgan fingerprint density at radius 2 is 1.87 bits per heavy atom. The van der Waals surface area contributed by atoms with E-state index in [1.54, 1.807) is 24.3 Å². The van der Waals surface area contributed by atoms with Crippen LogP contribution in [0, 0.1) is 0 Å². The van der Waals surface area contributed by atoms with Crippen molar-refractivity contribution in [3.05, 3.63) is 70.6 Å². The highest BCUT2D eigenvalue weighted by Gasteiger charge is 2.14. The summed E-state index contributed by atoms with van der Waals surface area (Å²) >= 11 is 0. The molecule has 0 atom stereocenters. The first-order valence-electron chi connectivity index (χ1n) is 7.00. The number of imidazole rings is 1. The van der Waals surface area contributed by atoms with Gasteiger partial charge in [-0.05, 0) is 24.3 Å². The van der Waals surface area contributed by atoms with Crippen LogP contribution in [0.3, 0.4) is 0 Å². The molecule has 0 fully saturated rings. The average Bonchev–Trinajstić information content (AvgIpc) is 2.97. The van der Waals surface area contributed by atoms with Crippen LogP contribution in [0.2, 0.25) is 0 Å². The SMILES string of the molecule is O=C(Nc1nc2ccccc2[nH]1)c1cc(=O)c2ccccc2o1. The van der Waals surface area contributed by atoms with Crippen molar-refractivity contribution >= 4 is 33.9 Å². The fourth-order valence-electron chi connectivity index (χ4n) is 2.40. The van der Waals surface area contributed by atoms with Gasteiger partial charge in [-0.15, -0.1) is 0 Å². The van der Waals surface area contributed by atoms with Gasteiger partial charge in [0.05, 0.1) is 16.4 Å². The minimum Gasteiger partial charge on any atom is -0.451 e. The van der Waals surface area contributed by atoms with E-state index < -0.39 is 5.91 Å². The van der Waals surface area contributed by atoms with Crippen LogP contribution in [0.15, 0.2) is 63.8 Å². The molecule has 112 valence electrons. The lowest BCUT2D eigenvalue weighted by Crippen LogP contribution is -2.15. The molecule has 0 aliphatic carbocycles. The molecule has 2 aromatic carbocycles. The maximum absolute atomic E-state index is 12.3. The smallest absolute Gasteiger partial charge is 0.293 e. The number of carbonyl (C=O) groups excluding carboxylic acids is 1. The van der Waals surface area contributed by atoms with E-state index in [9.17, 15) is 9.59 Å². The molecule has 4 rings (SSSR count). The van der Waals surface area contributed by atoms with Crippen molar-refractivity contribution in [3.63, 3.8) is 0 Å². The molecule has 0 spiro atoms. The number of aromatic amines is 1. The molecule has 6 heteroatoms. The number of para-hydroxylation sites is 3. The zero-order valence-electron chi connectivity index (χ0n) is 11.9. The number of hydrogen-bond acceptors (Lipinski definition) is 4. The predicted octanol–water partition coefficient (Wildman–Crippen LogP) is 2.92. The molecule has 0 saturated heterocycles. The van der Waals surface area contributed by atoms with E-state index in [-0.39, 0.29) is 11.2 Å². The number of nitrogens with zero attached hydrogens (tertiary/aromatic N) is 1. The minimum atomic E-state index is -0.535. The first-order valence-corrected chi connectivity index (χ1v) is 7.00. The van der Waals surface area contributed by atoms with E-state index in [0.717, 1.165) is 11.0 Å². The number of fused-ring (bicyclic) bond motifs is 2. The van der Waals surface area contributed by atoms with Crippen molar-refractivity contribution < 1.29 is 9.21 Å². The van der Waals surface area contributed by atoms with Gasteiger partial charge in [0.25, 0.3) is 5.91 Å². The second kappa shape index (κ2) is 5.10. The van der Waals surface area contributed by atoms with Crippen molar-refractivity contribution in [3.8, 4) is 0 Å². The fraction of sp³-hybridized carbons (Fsp3) is 0. The molecule has 23 heavy (non-hydrogen) atoms. The van der Waals surface area contributed by atoms with E-state index in [1.807, 2.05) is 24.3 Å². The molecular formula is C17H11N3O3. The Morgan fingerprint density at radius 1 is 1.09 bits per heavy atom. The highest BCUT2D eigenvalue weighted by molar-refractivity contribution is 6.02. The monoisotopic (exact) mass is 305 g/mol. The number of anilines is 1. The summed E-state index contributed by atoms with van der Waals surface area (Å²) in [4.78, 5) is 31.6. The minimum absolute atomic E-state index is 0.0610. The number of rotatable bonds is 2. The third kappa shape index (κ3) is 2.36. The molecule has 6 nitrogen and oxygen atoms in total. The molecule has 2 heterocycles. The van der Waals surface area contributed by atoms with Crippen LogP contribution in [0.25, 0.3) is 22.0 Å². The second-order valence-corrected chi connectivity index (χ2v) is 5.03. The maximum Gasteiger partial charge on any atom is 0.293 e. The van der Waals surface area contributed by atoms with Crippen LogP contribution >= 0.6 is 0 Å². The number of carbonyl (C=O) groups is 1. The second-order valence-electron chi connectivity index (χ2n) is 5.03. The van der Waals surface area contributed by atoms with Gasteiger partial charge in [-0.3, -0.25) is 14.9 Å². The molecule has 4 aromatic rings. The first kappa shape index (κ1) is 13.3. The number of H-pyrrole nitrogens is 1. The van der Waals surface area contributed by atoms with Crippen LogP contribution in [0.1, 0.15) is 10.6 Å². The summed E-state index contributed by atoms with van der Waals surface area (Å²) in [7, 11) is 0. The summed E-state index contributed by atoms with van der Waals surface area (Å²) in [6.07, 6.45) is 0. The van der Waals surface area contributed by atoms with Gasteiger partial charge in [0.2, 0.25) is 5.95 Å². The van der Waals surface area contributed by atoms with E-state index in [0.29, 0.717) is 16.9 Å². The average molecular weight is 305 g/mol. The summed E-state index contributed by atoms with van der Waals surface area (Å²) < 4.78 is 5.50. The Labute approximate surface area is 129 Å². The Bertz CT molecular complexity index is 1060. The summed E-state index contributed by atoms with van der Waals surface area (Å²) in [5.41, 5.74) is 1.65. The topological polar surface area (TPSA) is 88.0 Å². The highest BCUT2D eigenvalue weighted by atomic mass is 16.3. The van der Waals surface area contributed by atoms with E-state index >= 15 is 0 Å². The molecule has 1 amide bonds. The zero-order chi connectivity index (χ0) is 15.8. The molecule has 2 aromatic heterocycles. The Hall–Kier alpha value is -3.41. The van der Waals surface area contributed by atoms with Gasteiger partial charge in [-0.2, -0.15) is 0 Å². The van der Waals surface area contributed by atoms with E-state index in [2.05, 4.69) is 15.3 Å². The Balaban J connectivity index is 1.70. The van der Waals surface area contributed by atoms with Gasteiger partial charge in [0.1, 0.15) is 5.58 Å². The van der Waals surface area contributed by atoms with Crippen LogP contribution in [-0.4, -0.2) is 15.9 Å². The zero-order valence-corrected chi connectivity index (χ0v) is 11.9. The summed E-state index contributed by atoms with van der Waals surface area (Å²) in [6.45, 7) is 0. The van der Waals surface area contributed by atoms with E-state index in [4.69, 9.17) is 4.42 Å². The largest absolute Gasteiger partial charge is 0.451 e. The van der Waals surface area contributed by atoms with Gasteiger partial charge in [0.15, 0.2) is 11.2 Å². The van der Waals surface area contributed by atoms with Gasteiger partial charge in [-0.25, -0.2) is 4.98 Å². The number of benzene rings is 2. The standard InChI is InChI=1S/C17H11N3O3/c21-13-9-15(23-14-8-4-1-5-10(13)14)16(22)20-17-18-11-6-2-3-7-12(11)19-17/h1-9H,(H2,18,19,20,22). The number of hydrogen-bond donors (Lipinski definition) is 2. The third-order valence-corrected chi connectivity index (χ3v) is 3.48. The lowest BCUT2D eigenvalue weighted by Gasteiger charge is -2.02. The Morgan fingerprint density at radius 3 is 2.74 bits per heavy atom. The van der Waals surface area contributed by atoms with Crippen LogP contribution in [-0.2, 0) is 0 Å². The fourth-order valence-corrected chi connectivity index (χ4v) is 2.40. The van der Waals surface area contributed by atoms with Gasteiger partial charge >= 0.3 is 0 Å². The highest BCUT2D eigenvalue weighted by Crippen LogP contribution is 2.15. The molecule has 0 aliphatic heterocycles. The van der Waals surface area contributed by atoms with Gasteiger partial charge in [0, 0.05) is 6.07 Å². The normalized spacial score (nSPS) is 11.0. The Kier molecular flexibility index (Phi) is 2.94. The molecular weight excluding hydrogens is 294 g/mol. The molecule has 0 aliphatic rings. The van der Waals surface area contributed by atoms with Crippen molar-refractivity contribution in [2.24, 2.45) is 0 Å². The molecule has 0 radical (unpaired) electrons. The summed E-state index contributed by atoms with van der Waals surface area (Å²) in [6, 6.07) is 15.4.